The second-order valence-electron chi connectivity index (χ2n) is 7.21. The van der Waals surface area contributed by atoms with Gasteiger partial charge in [-0.05, 0) is 48.1 Å². The molecule has 0 saturated carbocycles. The van der Waals surface area contributed by atoms with Crippen molar-refractivity contribution >= 4 is 10.0 Å². The van der Waals surface area contributed by atoms with Gasteiger partial charge in [0.05, 0.1) is 18.1 Å². The zero-order valence-corrected chi connectivity index (χ0v) is 16.2. The van der Waals surface area contributed by atoms with Crippen LogP contribution in [0, 0.1) is 0 Å². The van der Waals surface area contributed by atoms with Gasteiger partial charge in [-0.15, -0.1) is 0 Å². The number of benzene rings is 2. The van der Waals surface area contributed by atoms with Crippen LogP contribution in [-0.4, -0.2) is 46.2 Å². The van der Waals surface area contributed by atoms with Gasteiger partial charge >= 0.3 is 0 Å². The maximum absolute atomic E-state index is 12.9. The van der Waals surface area contributed by atoms with E-state index in [9.17, 15) is 8.42 Å². The topological polar surface area (TPSA) is 58.6 Å². The molecular formula is C21H26N2O3S. The fraction of sp³-hybridized carbons (Fsp3) is 0.429. The van der Waals surface area contributed by atoms with Crippen molar-refractivity contribution in [2.24, 2.45) is 0 Å². The first-order chi connectivity index (χ1) is 13.1. The number of hydrogen-bond donors (Lipinski definition) is 1. The van der Waals surface area contributed by atoms with E-state index < -0.39 is 10.0 Å². The zero-order valence-electron chi connectivity index (χ0n) is 15.4. The van der Waals surface area contributed by atoms with Crippen LogP contribution in [0.3, 0.4) is 0 Å². The second-order valence-corrected chi connectivity index (χ2v) is 8.98. The largest absolute Gasteiger partial charge is 0.379 e. The van der Waals surface area contributed by atoms with Gasteiger partial charge in [-0.1, -0.05) is 36.4 Å². The van der Waals surface area contributed by atoms with Crippen molar-refractivity contribution in [2.75, 3.05) is 32.8 Å². The summed E-state index contributed by atoms with van der Waals surface area (Å²) in [7, 11) is -3.53. The summed E-state index contributed by atoms with van der Waals surface area (Å²) in [5, 5.41) is 0. The highest BCUT2D eigenvalue weighted by Gasteiger charge is 2.25. The predicted molar refractivity (Wildman–Crippen MR) is 105 cm³/mol. The Morgan fingerprint density at radius 1 is 1.00 bits per heavy atom. The Hall–Kier alpha value is -1.73. The van der Waals surface area contributed by atoms with E-state index in [0.29, 0.717) is 24.7 Å². The highest BCUT2D eigenvalue weighted by Crippen LogP contribution is 2.26. The van der Waals surface area contributed by atoms with Crippen LogP contribution in [-0.2, 0) is 27.6 Å². The summed E-state index contributed by atoms with van der Waals surface area (Å²) in [4.78, 5) is 2.67. The fourth-order valence-corrected chi connectivity index (χ4v) is 5.10. The van der Waals surface area contributed by atoms with Crippen molar-refractivity contribution in [3.05, 3.63) is 65.2 Å². The Morgan fingerprint density at radius 2 is 1.74 bits per heavy atom. The van der Waals surface area contributed by atoms with Gasteiger partial charge in [0.15, 0.2) is 0 Å². The third kappa shape index (κ3) is 4.24. The summed E-state index contributed by atoms with van der Waals surface area (Å²) in [6.07, 6.45) is 3.13. The molecule has 1 heterocycles. The number of nitrogens with one attached hydrogen (secondary N) is 1. The Morgan fingerprint density at radius 3 is 2.52 bits per heavy atom. The van der Waals surface area contributed by atoms with Gasteiger partial charge in [0, 0.05) is 25.7 Å². The minimum atomic E-state index is -3.53. The normalized spacial score (nSPS) is 19.0. The van der Waals surface area contributed by atoms with Crippen LogP contribution in [0.25, 0.3) is 0 Å². The molecular weight excluding hydrogens is 360 g/mol. The minimum Gasteiger partial charge on any atom is -0.379 e. The molecule has 1 N–H and O–H groups in total. The van der Waals surface area contributed by atoms with Gasteiger partial charge in [0.25, 0.3) is 0 Å². The number of aryl methyl sites for hydroxylation is 2. The summed E-state index contributed by atoms with van der Waals surface area (Å²) in [5.41, 5.74) is 3.58. The number of nitrogens with zero attached hydrogens (tertiary/aromatic N) is 1. The standard InChI is InChI=1S/C21H26N2O3S/c24-27(25,20-10-9-17-7-4-8-19(17)15-20)22-16-21(18-5-2-1-3-6-18)23-11-13-26-14-12-23/h1-3,5-6,9-10,15,21-22H,4,7-8,11-14,16H2/t21-/m0/s1. The van der Waals surface area contributed by atoms with E-state index in [2.05, 4.69) is 21.8 Å². The van der Waals surface area contributed by atoms with Crippen LogP contribution >= 0.6 is 0 Å². The summed E-state index contributed by atoms with van der Waals surface area (Å²) < 4.78 is 34.1. The summed E-state index contributed by atoms with van der Waals surface area (Å²) in [6.45, 7) is 3.32. The molecule has 0 unspecified atom stereocenters. The number of fused-ring (bicyclic) bond motifs is 1. The average molecular weight is 387 g/mol. The lowest BCUT2D eigenvalue weighted by atomic mass is 10.1. The third-order valence-corrected chi connectivity index (χ3v) is 6.94. The van der Waals surface area contributed by atoms with E-state index in [1.54, 1.807) is 6.07 Å². The molecule has 27 heavy (non-hydrogen) atoms. The van der Waals surface area contributed by atoms with Gasteiger partial charge in [0.1, 0.15) is 0 Å². The van der Waals surface area contributed by atoms with Crippen LogP contribution < -0.4 is 4.72 Å². The molecule has 6 heteroatoms. The average Bonchev–Trinajstić information content (AvgIpc) is 3.18. The molecule has 144 valence electrons. The van der Waals surface area contributed by atoms with Crippen LogP contribution in [0.2, 0.25) is 0 Å². The predicted octanol–water partition coefficient (Wildman–Crippen LogP) is 2.53. The molecule has 4 rings (SSSR count). The lowest BCUT2D eigenvalue weighted by molar-refractivity contribution is 0.0172. The van der Waals surface area contributed by atoms with Crippen molar-refractivity contribution in [3.63, 3.8) is 0 Å². The molecule has 1 aliphatic carbocycles. The van der Waals surface area contributed by atoms with Gasteiger partial charge in [-0.25, -0.2) is 13.1 Å². The molecule has 2 aliphatic rings. The van der Waals surface area contributed by atoms with Crippen molar-refractivity contribution < 1.29 is 13.2 Å². The SMILES string of the molecule is O=S(=O)(NC[C@@H](c1ccccc1)N1CCOCC1)c1ccc2c(c1)CCC2. The molecule has 2 aromatic carbocycles. The molecule has 0 aromatic heterocycles. The van der Waals surface area contributed by atoms with E-state index in [0.717, 1.165) is 37.9 Å². The number of sulfonamides is 1. The number of hydrogen-bond acceptors (Lipinski definition) is 4. The van der Waals surface area contributed by atoms with Crippen molar-refractivity contribution in [2.45, 2.75) is 30.2 Å². The molecule has 1 saturated heterocycles. The first kappa shape index (κ1) is 18.6. The molecule has 0 bridgehead atoms. The minimum absolute atomic E-state index is 0.000646. The number of ether oxygens (including phenoxy) is 1. The van der Waals surface area contributed by atoms with Gasteiger partial charge in [-0.3, -0.25) is 4.90 Å². The molecule has 1 fully saturated rings. The molecule has 0 amide bonds. The lowest BCUT2D eigenvalue weighted by Crippen LogP contribution is -2.43. The highest BCUT2D eigenvalue weighted by atomic mass is 32.2. The summed E-state index contributed by atoms with van der Waals surface area (Å²) in [5.74, 6) is 0. The van der Waals surface area contributed by atoms with Crippen LogP contribution in [0.15, 0.2) is 53.4 Å². The van der Waals surface area contributed by atoms with E-state index in [1.807, 2.05) is 30.3 Å². The Labute approximate surface area is 161 Å². The van der Waals surface area contributed by atoms with Crippen molar-refractivity contribution in [3.8, 4) is 0 Å². The van der Waals surface area contributed by atoms with E-state index in [4.69, 9.17) is 4.74 Å². The summed E-state index contributed by atoms with van der Waals surface area (Å²) in [6, 6.07) is 15.6. The molecule has 1 aliphatic heterocycles. The molecule has 0 spiro atoms. The fourth-order valence-electron chi connectivity index (χ4n) is 4.01. The first-order valence-corrected chi connectivity index (χ1v) is 11.1. The maximum atomic E-state index is 12.9. The first-order valence-electron chi connectivity index (χ1n) is 9.62. The monoisotopic (exact) mass is 386 g/mol. The van der Waals surface area contributed by atoms with E-state index >= 15 is 0 Å². The van der Waals surface area contributed by atoms with Crippen LogP contribution in [0.4, 0.5) is 0 Å². The van der Waals surface area contributed by atoms with Crippen LogP contribution in [0.1, 0.15) is 29.2 Å². The molecule has 2 aromatic rings. The smallest absolute Gasteiger partial charge is 0.240 e. The second kappa shape index (κ2) is 8.10. The van der Waals surface area contributed by atoms with Crippen molar-refractivity contribution in [1.82, 2.24) is 9.62 Å². The zero-order chi connectivity index (χ0) is 18.7. The third-order valence-electron chi connectivity index (χ3n) is 5.52. The molecule has 1 atom stereocenters. The van der Waals surface area contributed by atoms with Crippen LogP contribution in [0.5, 0.6) is 0 Å². The van der Waals surface area contributed by atoms with Crippen molar-refractivity contribution in [1.29, 1.82) is 0 Å². The van der Waals surface area contributed by atoms with Gasteiger partial charge in [0.2, 0.25) is 10.0 Å². The van der Waals surface area contributed by atoms with E-state index in [1.165, 1.54) is 11.1 Å². The maximum Gasteiger partial charge on any atom is 0.240 e. The molecule has 0 radical (unpaired) electrons. The Bertz CT molecular complexity index is 878. The van der Waals surface area contributed by atoms with E-state index in [-0.39, 0.29) is 6.04 Å². The number of rotatable bonds is 6. The quantitative estimate of drug-likeness (QED) is 0.829. The Kier molecular flexibility index (Phi) is 5.59. The lowest BCUT2D eigenvalue weighted by Gasteiger charge is -2.34. The van der Waals surface area contributed by atoms with Gasteiger partial charge < -0.3 is 4.74 Å². The number of morpholine rings is 1. The van der Waals surface area contributed by atoms with Gasteiger partial charge in [-0.2, -0.15) is 0 Å². The highest BCUT2D eigenvalue weighted by molar-refractivity contribution is 7.89. The molecule has 5 nitrogen and oxygen atoms in total. The Balaban J connectivity index is 1.52. The summed E-state index contributed by atoms with van der Waals surface area (Å²) >= 11 is 0.